The van der Waals surface area contributed by atoms with Crippen molar-refractivity contribution in [2.75, 3.05) is 5.88 Å². The first-order valence-electron chi connectivity index (χ1n) is 3.25. The fourth-order valence-electron chi connectivity index (χ4n) is 0.915. The number of ketones is 1. The number of halogens is 1. The maximum absolute atomic E-state index is 10.8. The summed E-state index contributed by atoms with van der Waals surface area (Å²) in [6.07, 6.45) is -3.22. The second-order valence-electron chi connectivity index (χ2n) is 2.42. The molecule has 3 unspecified atom stereocenters. The minimum Gasteiger partial charge on any atom is -0.380 e. The monoisotopic (exact) mass is 180 g/mol. The third kappa shape index (κ3) is 1.90. The van der Waals surface area contributed by atoms with E-state index in [-0.39, 0.29) is 12.3 Å². The number of carbonyl (C=O) groups excluding carboxylic acids is 1. The van der Waals surface area contributed by atoms with Gasteiger partial charge in [0.05, 0.1) is 6.10 Å². The standard InChI is InChI=1S/C6H9ClO4/c7-2-3-1-4(8)5(9)6(10)11-3/h3,5-6,9-10H,1-2H2. The molecule has 0 aliphatic carbocycles. The van der Waals surface area contributed by atoms with E-state index in [2.05, 4.69) is 0 Å². The Morgan fingerprint density at radius 1 is 1.64 bits per heavy atom. The Labute approximate surface area is 68.7 Å². The maximum atomic E-state index is 10.8. The molecule has 1 aliphatic heterocycles. The summed E-state index contributed by atoms with van der Waals surface area (Å²) in [5.74, 6) is -0.274. The number of aliphatic hydroxyl groups is 2. The molecule has 0 bridgehead atoms. The van der Waals surface area contributed by atoms with Gasteiger partial charge in [-0.25, -0.2) is 0 Å². The van der Waals surface area contributed by atoms with Crippen molar-refractivity contribution in [3.05, 3.63) is 0 Å². The molecule has 0 aromatic carbocycles. The highest BCUT2D eigenvalue weighted by Gasteiger charge is 2.34. The van der Waals surface area contributed by atoms with Crippen LogP contribution >= 0.6 is 11.6 Å². The first-order chi connectivity index (χ1) is 5.15. The van der Waals surface area contributed by atoms with Crippen molar-refractivity contribution in [2.24, 2.45) is 0 Å². The Hall–Kier alpha value is -0.160. The molecular weight excluding hydrogens is 172 g/mol. The van der Waals surface area contributed by atoms with Gasteiger partial charge in [-0.15, -0.1) is 11.6 Å². The molecule has 1 heterocycles. The highest BCUT2D eigenvalue weighted by atomic mass is 35.5. The summed E-state index contributed by atoms with van der Waals surface area (Å²) in [5, 5.41) is 17.8. The van der Waals surface area contributed by atoms with Gasteiger partial charge in [-0.05, 0) is 0 Å². The lowest BCUT2D eigenvalue weighted by Gasteiger charge is -2.28. The van der Waals surface area contributed by atoms with E-state index < -0.39 is 24.3 Å². The van der Waals surface area contributed by atoms with Crippen LogP contribution in [0.2, 0.25) is 0 Å². The molecule has 0 aromatic rings. The van der Waals surface area contributed by atoms with Crippen molar-refractivity contribution in [1.82, 2.24) is 0 Å². The molecule has 1 rings (SSSR count). The zero-order valence-corrected chi connectivity index (χ0v) is 6.49. The number of hydrogen-bond donors (Lipinski definition) is 2. The van der Waals surface area contributed by atoms with Crippen LogP contribution in [0.5, 0.6) is 0 Å². The lowest BCUT2D eigenvalue weighted by molar-refractivity contribution is -0.206. The van der Waals surface area contributed by atoms with Crippen molar-refractivity contribution < 1.29 is 19.7 Å². The van der Waals surface area contributed by atoms with E-state index in [0.29, 0.717) is 0 Å². The van der Waals surface area contributed by atoms with Gasteiger partial charge in [-0.3, -0.25) is 4.79 Å². The zero-order valence-electron chi connectivity index (χ0n) is 5.74. The van der Waals surface area contributed by atoms with E-state index in [1.807, 2.05) is 0 Å². The SMILES string of the molecule is O=C1CC(CCl)OC(O)C1O. The number of alkyl halides is 1. The van der Waals surface area contributed by atoms with Gasteiger partial charge in [0.15, 0.2) is 18.2 Å². The van der Waals surface area contributed by atoms with E-state index in [0.717, 1.165) is 0 Å². The van der Waals surface area contributed by atoms with E-state index in [4.69, 9.17) is 26.6 Å². The maximum Gasteiger partial charge on any atom is 0.188 e. The summed E-state index contributed by atoms with van der Waals surface area (Å²) >= 11 is 5.39. The number of ether oxygens (including phenoxy) is 1. The second-order valence-corrected chi connectivity index (χ2v) is 2.73. The van der Waals surface area contributed by atoms with E-state index in [9.17, 15) is 4.79 Å². The van der Waals surface area contributed by atoms with E-state index in [1.165, 1.54) is 0 Å². The predicted octanol–water partition coefficient (Wildman–Crippen LogP) is -0.738. The van der Waals surface area contributed by atoms with Crippen LogP contribution in [-0.4, -0.2) is 40.4 Å². The molecule has 0 aromatic heterocycles. The average Bonchev–Trinajstić information content (AvgIpc) is 1.99. The summed E-state index contributed by atoms with van der Waals surface area (Å²) in [4.78, 5) is 10.8. The molecule has 5 heteroatoms. The second kappa shape index (κ2) is 3.49. The van der Waals surface area contributed by atoms with Crippen molar-refractivity contribution in [3.8, 4) is 0 Å². The molecule has 0 spiro atoms. The summed E-state index contributed by atoms with van der Waals surface area (Å²) in [6.45, 7) is 0. The van der Waals surface area contributed by atoms with Gasteiger partial charge >= 0.3 is 0 Å². The third-order valence-corrected chi connectivity index (χ3v) is 1.88. The lowest BCUT2D eigenvalue weighted by Crippen LogP contribution is -2.45. The topological polar surface area (TPSA) is 66.8 Å². The molecule has 3 atom stereocenters. The summed E-state index contributed by atoms with van der Waals surface area (Å²) < 4.78 is 4.77. The molecule has 4 nitrogen and oxygen atoms in total. The van der Waals surface area contributed by atoms with Crippen LogP contribution in [0.4, 0.5) is 0 Å². The fourth-order valence-corrected chi connectivity index (χ4v) is 1.10. The van der Waals surface area contributed by atoms with Crippen molar-refractivity contribution in [1.29, 1.82) is 0 Å². The van der Waals surface area contributed by atoms with Gasteiger partial charge < -0.3 is 14.9 Å². The normalized spacial score (nSPS) is 39.2. The molecule has 64 valence electrons. The fraction of sp³-hybridized carbons (Fsp3) is 0.833. The minimum atomic E-state index is -1.42. The van der Waals surface area contributed by atoms with Crippen LogP contribution in [0.1, 0.15) is 6.42 Å². The van der Waals surface area contributed by atoms with Crippen LogP contribution in [0, 0.1) is 0 Å². The van der Waals surface area contributed by atoms with Crippen LogP contribution in [-0.2, 0) is 9.53 Å². The number of carbonyl (C=O) groups is 1. The average molecular weight is 181 g/mol. The molecule has 2 N–H and O–H groups in total. The van der Waals surface area contributed by atoms with Crippen LogP contribution in [0.15, 0.2) is 0 Å². The highest BCUT2D eigenvalue weighted by molar-refractivity contribution is 6.18. The Morgan fingerprint density at radius 2 is 2.27 bits per heavy atom. The zero-order chi connectivity index (χ0) is 8.43. The third-order valence-electron chi connectivity index (χ3n) is 1.53. The largest absolute Gasteiger partial charge is 0.380 e. The predicted molar refractivity (Wildman–Crippen MR) is 37.2 cm³/mol. The molecule has 0 radical (unpaired) electrons. The van der Waals surface area contributed by atoms with Crippen molar-refractivity contribution in [3.63, 3.8) is 0 Å². The van der Waals surface area contributed by atoms with E-state index >= 15 is 0 Å². The number of rotatable bonds is 1. The van der Waals surface area contributed by atoms with Gasteiger partial charge in [0.1, 0.15) is 0 Å². The van der Waals surface area contributed by atoms with Crippen LogP contribution < -0.4 is 0 Å². The minimum absolute atomic E-state index is 0.0712. The van der Waals surface area contributed by atoms with Gasteiger partial charge in [-0.2, -0.15) is 0 Å². The Balaban J connectivity index is 2.54. The van der Waals surface area contributed by atoms with E-state index in [1.54, 1.807) is 0 Å². The molecule has 11 heavy (non-hydrogen) atoms. The smallest absolute Gasteiger partial charge is 0.188 e. The highest BCUT2D eigenvalue weighted by Crippen LogP contribution is 2.15. The Morgan fingerprint density at radius 3 is 2.73 bits per heavy atom. The van der Waals surface area contributed by atoms with Gasteiger partial charge in [0.25, 0.3) is 0 Å². The molecular formula is C6H9ClO4. The number of aliphatic hydroxyl groups excluding tert-OH is 2. The van der Waals surface area contributed by atoms with Crippen LogP contribution in [0.3, 0.4) is 0 Å². The van der Waals surface area contributed by atoms with Gasteiger partial charge in [0, 0.05) is 12.3 Å². The lowest BCUT2D eigenvalue weighted by atomic mass is 10.1. The summed E-state index contributed by atoms with van der Waals surface area (Å²) in [6, 6.07) is 0. The van der Waals surface area contributed by atoms with Crippen molar-refractivity contribution in [2.45, 2.75) is 24.9 Å². The quantitative estimate of drug-likeness (QED) is 0.522. The molecule has 0 saturated carbocycles. The van der Waals surface area contributed by atoms with Crippen LogP contribution in [0.25, 0.3) is 0 Å². The molecule has 1 fully saturated rings. The molecule has 0 amide bonds. The first-order valence-corrected chi connectivity index (χ1v) is 3.79. The van der Waals surface area contributed by atoms with Crippen molar-refractivity contribution >= 4 is 17.4 Å². The van der Waals surface area contributed by atoms with Gasteiger partial charge in [-0.1, -0.05) is 0 Å². The Bertz CT molecular complexity index is 161. The molecule has 1 aliphatic rings. The number of Topliss-reactive ketones (excluding diaryl/α,β-unsaturated/α-hetero) is 1. The number of hydrogen-bond acceptors (Lipinski definition) is 4. The summed E-state index contributed by atoms with van der Waals surface area (Å²) in [7, 11) is 0. The Kier molecular flexibility index (Phi) is 2.84. The molecule has 1 saturated heterocycles. The summed E-state index contributed by atoms with van der Waals surface area (Å²) in [5.41, 5.74) is 0. The first kappa shape index (κ1) is 8.93. The van der Waals surface area contributed by atoms with Gasteiger partial charge in [0.2, 0.25) is 0 Å².